The molecule has 0 aliphatic carbocycles. The van der Waals surface area contributed by atoms with Gasteiger partial charge in [-0.05, 0) is 0 Å². The van der Waals surface area contributed by atoms with Crippen molar-refractivity contribution in [1.29, 1.82) is 0 Å². The summed E-state index contributed by atoms with van der Waals surface area (Å²) in [5.74, 6) is 0.156. The largest absolute Gasteiger partial charge is 0.442 e. The molecule has 0 aromatic carbocycles. The molecule has 2 unspecified atom stereocenters. The lowest BCUT2D eigenvalue weighted by atomic mass is 10.6. The van der Waals surface area contributed by atoms with Gasteiger partial charge in [-0.1, -0.05) is 0 Å². The monoisotopic (exact) mass is 168 g/mol. The molecule has 0 spiro atoms. The molecule has 0 saturated heterocycles. The average Bonchev–Trinajstić information content (AvgIpc) is 1.87. The fraction of sp³-hybridized carbons (Fsp3) is 1.00. The van der Waals surface area contributed by atoms with Crippen molar-refractivity contribution < 1.29 is 13.4 Å². The van der Waals surface area contributed by atoms with Crippen LogP contribution in [0, 0.1) is 0 Å². The van der Waals surface area contributed by atoms with Crippen LogP contribution in [-0.4, -0.2) is 32.5 Å². The van der Waals surface area contributed by atoms with Crippen molar-refractivity contribution in [3.05, 3.63) is 0 Å². The molecule has 0 bridgehead atoms. The van der Waals surface area contributed by atoms with Gasteiger partial charge in [0, 0.05) is 12.3 Å². The Kier molecular flexibility index (Phi) is 5.26. The van der Waals surface area contributed by atoms with Crippen molar-refractivity contribution in [2.45, 2.75) is 0 Å². The molecule has 9 heavy (non-hydrogen) atoms. The van der Waals surface area contributed by atoms with Gasteiger partial charge >= 0.3 is 6.76 Å². The molecule has 1 radical (unpaired) electrons. The van der Waals surface area contributed by atoms with Crippen LogP contribution < -0.4 is 5.73 Å². The standard InChI is InChI=1S/C2H7BNO3S2/c4-1-2-8(6)9(7)3-5/h5H,1-2,4H2. The van der Waals surface area contributed by atoms with Gasteiger partial charge in [0.1, 0.15) is 9.83 Å². The Hall–Kier alpha value is 0.285. The third kappa shape index (κ3) is 3.80. The summed E-state index contributed by atoms with van der Waals surface area (Å²) in [6, 6.07) is 0. The SMILES string of the molecule is NCCS(=O)S(=O)[B]O. The van der Waals surface area contributed by atoms with E-state index in [1.54, 1.807) is 0 Å². The van der Waals surface area contributed by atoms with Crippen LogP contribution in [0.1, 0.15) is 0 Å². The summed E-state index contributed by atoms with van der Waals surface area (Å²) in [5.41, 5.74) is 5.00. The van der Waals surface area contributed by atoms with E-state index in [1.807, 2.05) is 0 Å². The highest BCUT2D eigenvalue weighted by Gasteiger charge is 2.07. The maximum atomic E-state index is 10.5. The van der Waals surface area contributed by atoms with Gasteiger partial charge < -0.3 is 10.8 Å². The molecule has 0 fully saturated rings. The fourth-order valence-electron chi connectivity index (χ4n) is 0.226. The van der Waals surface area contributed by atoms with Gasteiger partial charge in [0.05, 0.1) is 9.68 Å². The van der Waals surface area contributed by atoms with Crippen molar-refractivity contribution >= 4 is 26.3 Å². The smallest absolute Gasteiger partial charge is 0.428 e. The van der Waals surface area contributed by atoms with E-state index in [2.05, 4.69) is 0 Å². The Morgan fingerprint density at radius 2 is 2.11 bits per heavy atom. The molecule has 0 saturated carbocycles. The molecule has 0 aliphatic heterocycles. The van der Waals surface area contributed by atoms with E-state index in [9.17, 15) is 8.42 Å². The van der Waals surface area contributed by atoms with Crippen LogP contribution >= 0.6 is 0 Å². The summed E-state index contributed by atoms with van der Waals surface area (Å²) in [5, 5.41) is 8.07. The molecule has 7 heteroatoms. The van der Waals surface area contributed by atoms with E-state index in [4.69, 9.17) is 10.8 Å². The molecule has 2 atom stereocenters. The van der Waals surface area contributed by atoms with Gasteiger partial charge in [0.15, 0.2) is 0 Å². The predicted octanol–water partition coefficient (Wildman–Crippen LogP) is -2.12. The van der Waals surface area contributed by atoms with Gasteiger partial charge in [0.25, 0.3) is 0 Å². The molecule has 53 valence electrons. The second kappa shape index (κ2) is 5.10. The van der Waals surface area contributed by atoms with Crippen molar-refractivity contribution in [1.82, 2.24) is 0 Å². The third-order valence-electron chi connectivity index (χ3n) is 0.554. The summed E-state index contributed by atoms with van der Waals surface area (Å²) in [6.07, 6.45) is 0. The molecular formula is C2H7BNO3S2. The Bertz CT molecular complexity index is 129. The predicted molar refractivity (Wildman–Crippen MR) is 38.2 cm³/mol. The van der Waals surface area contributed by atoms with Crippen LogP contribution in [0.25, 0.3) is 0 Å². The normalized spacial score (nSPS) is 16.7. The number of nitrogens with two attached hydrogens (primary N) is 1. The summed E-state index contributed by atoms with van der Waals surface area (Å²) in [7, 11) is -3.27. The van der Waals surface area contributed by atoms with E-state index < -0.39 is 19.5 Å². The van der Waals surface area contributed by atoms with Crippen LogP contribution in [0.15, 0.2) is 0 Å². The highest BCUT2D eigenvalue weighted by atomic mass is 33.1. The summed E-state index contributed by atoms with van der Waals surface area (Å²) >= 11 is 0. The maximum Gasteiger partial charge on any atom is 0.428 e. The van der Waals surface area contributed by atoms with Crippen LogP contribution in [0.4, 0.5) is 0 Å². The number of hydrogen-bond acceptors (Lipinski definition) is 4. The van der Waals surface area contributed by atoms with Crippen molar-refractivity contribution in [3.8, 4) is 0 Å². The summed E-state index contributed by atoms with van der Waals surface area (Å²) < 4.78 is 20.9. The van der Waals surface area contributed by atoms with Crippen molar-refractivity contribution in [2.24, 2.45) is 5.73 Å². The molecular weight excluding hydrogens is 161 g/mol. The van der Waals surface area contributed by atoms with E-state index >= 15 is 0 Å². The second-order valence-electron chi connectivity index (χ2n) is 1.16. The first-order valence-electron chi connectivity index (χ1n) is 2.19. The summed E-state index contributed by atoms with van der Waals surface area (Å²) in [4.78, 5) is 0. The Labute approximate surface area is 58.3 Å². The Balaban J connectivity index is 3.60. The van der Waals surface area contributed by atoms with E-state index in [0.717, 1.165) is 0 Å². The van der Waals surface area contributed by atoms with E-state index in [-0.39, 0.29) is 12.3 Å². The lowest BCUT2D eigenvalue weighted by Gasteiger charge is -1.92. The Morgan fingerprint density at radius 3 is 2.44 bits per heavy atom. The molecule has 0 aromatic heterocycles. The molecule has 0 heterocycles. The second-order valence-corrected chi connectivity index (χ2v) is 5.01. The van der Waals surface area contributed by atoms with Gasteiger partial charge in [0.2, 0.25) is 0 Å². The summed E-state index contributed by atoms with van der Waals surface area (Å²) in [6.45, 7) is 0.623. The van der Waals surface area contributed by atoms with Gasteiger partial charge in [-0.25, -0.2) is 4.21 Å². The molecule has 3 N–H and O–H groups in total. The topological polar surface area (TPSA) is 80.4 Å². The fourth-order valence-corrected chi connectivity index (χ4v) is 1.75. The van der Waals surface area contributed by atoms with Crippen LogP contribution in [0.3, 0.4) is 0 Å². The van der Waals surface area contributed by atoms with Crippen LogP contribution in [0.5, 0.6) is 0 Å². The van der Waals surface area contributed by atoms with Crippen molar-refractivity contribution in [2.75, 3.05) is 12.3 Å². The van der Waals surface area contributed by atoms with E-state index in [0.29, 0.717) is 6.76 Å². The first kappa shape index (κ1) is 9.28. The third-order valence-corrected chi connectivity index (χ3v) is 3.52. The first-order valence-corrected chi connectivity index (χ1v) is 5.24. The zero-order valence-corrected chi connectivity index (χ0v) is 6.28. The average molecular weight is 168 g/mol. The minimum Gasteiger partial charge on any atom is -0.442 e. The molecule has 0 amide bonds. The molecule has 0 aromatic rings. The van der Waals surface area contributed by atoms with Gasteiger partial charge in [-0.2, -0.15) is 0 Å². The number of rotatable bonds is 4. The zero-order valence-electron chi connectivity index (χ0n) is 4.65. The quantitative estimate of drug-likeness (QED) is 0.371. The lowest BCUT2D eigenvalue weighted by molar-refractivity contribution is 0.617. The highest BCUT2D eigenvalue weighted by Crippen LogP contribution is 1.86. The van der Waals surface area contributed by atoms with Crippen LogP contribution in [-0.2, 0) is 19.5 Å². The van der Waals surface area contributed by atoms with Crippen molar-refractivity contribution in [3.63, 3.8) is 0 Å². The van der Waals surface area contributed by atoms with Gasteiger partial charge in [-0.15, -0.1) is 0 Å². The minimum absolute atomic E-state index is 0.156. The number of hydrogen-bond donors (Lipinski definition) is 2. The molecule has 4 nitrogen and oxygen atoms in total. The Morgan fingerprint density at radius 1 is 1.56 bits per heavy atom. The molecule has 0 aliphatic rings. The first-order chi connectivity index (χ1) is 4.22. The maximum absolute atomic E-state index is 10.5. The van der Waals surface area contributed by atoms with Crippen LogP contribution in [0.2, 0.25) is 0 Å². The lowest BCUT2D eigenvalue weighted by Crippen LogP contribution is -2.16. The van der Waals surface area contributed by atoms with Gasteiger partial charge in [-0.3, -0.25) is 4.21 Å². The molecule has 0 rings (SSSR count). The minimum atomic E-state index is -1.75. The zero-order chi connectivity index (χ0) is 7.28. The van der Waals surface area contributed by atoms with E-state index in [1.165, 1.54) is 0 Å². The highest BCUT2D eigenvalue weighted by molar-refractivity contribution is 8.70.